The fraction of sp³-hybridized carbons (Fsp3) is 0.333. The van der Waals surface area contributed by atoms with Gasteiger partial charge in [-0.05, 0) is 49.1 Å². The minimum absolute atomic E-state index is 0.132. The molecule has 0 atom stereocenters. The molecule has 25 heavy (non-hydrogen) atoms. The molecule has 0 bridgehead atoms. The zero-order valence-corrected chi connectivity index (χ0v) is 14.4. The summed E-state index contributed by atoms with van der Waals surface area (Å²) >= 11 is 0. The van der Waals surface area contributed by atoms with Gasteiger partial charge in [0.2, 0.25) is 0 Å². The summed E-state index contributed by atoms with van der Waals surface area (Å²) < 4.78 is 1.18. The van der Waals surface area contributed by atoms with Gasteiger partial charge in [-0.1, -0.05) is 6.07 Å². The number of benzene rings is 1. The van der Waals surface area contributed by atoms with Crippen LogP contribution in [0.15, 0.2) is 23.0 Å². The van der Waals surface area contributed by atoms with E-state index in [0.29, 0.717) is 30.8 Å². The Labute approximate surface area is 144 Å². The van der Waals surface area contributed by atoms with Crippen LogP contribution in [0.1, 0.15) is 43.1 Å². The molecule has 0 saturated carbocycles. The predicted octanol–water partition coefficient (Wildman–Crippen LogP) is 1.29. The summed E-state index contributed by atoms with van der Waals surface area (Å²) in [7, 11) is 1.52. The van der Waals surface area contributed by atoms with Crippen LogP contribution in [0, 0.1) is 13.8 Å². The minimum atomic E-state index is -0.999. The molecule has 130 valence electrons. The lowest BCUT2D eigenvalue weighted by molar-refractivity contribution is 0.0696. The third-order valence-corrected chi connectivity index (χ3v) is 4.69. The number of fused-ring (bicyclic) bond motifs is 1. The number of aryl methyl sites for hydroxylation is 2. The van der Waals surface area contributed by atoms with E-state index in [-0.39, 0.29) is 17.0 Å². The molecule has 0 spiro atoms. The second-order valence-corrected chi connectivity index (χ2v) is 6.28. The van der Waals surface area contributed by atoms with Crippen LogP contribution >= 0.6 is 0 Å². The molecule has 1 aromatic heterocycles. The fourth-order valence-corrected chi connectivity index (χ4v) is 3.12. The quantitative estimate of drug-likeness (QED) is 0.889. The molecule has 3 rings (SSSR count). The Hall–Kier alpha value is -2.96. The standard InChI is InChI=1S/C18H19N3O4/c1-10-11(2)19-20(3)16(22)15(10)17(23)21-7-6-12-4-5-13(18(24)25)8-14(12)9-21/h4-5,8H,6-7,9H2,1-3H3,(H,24,25). The second kappa shape index (κ2) is 6.16. The third-order valence-electron chi connectivity index (χ3n) is 4.69. The number of carboxylic acids is 1. The molecule has 2 heterocycles. The van der Waals surface area contributed by atoms with Gasteiger partial charge in [0.15, 0.2) is 0 Å². The molecule has 0 radical (unpaired) electrons. The predicted molar refractivity (Wildman–Crippen MR) is 90.8 cm³/mol. The third kappa shape index (κ3) is 2.93. The number of amides is 1. The van der Waals surface area contributed by atoms with Gasteiger partial charge in [-0.25, -0.2) is 9.48 Å². The average molecular weight is 341 g/mol. The van der Waals surface area contributed by atoms with E-state index in [9.17, 15) is 14.4 Å². The Balaban J connectivity index is 1.97. The van der Waals surface area contributed by atoms with E-state index in [2.05, 4.69) is 5.10 Å². The van der Waals surface area contributed by atoms with Crippen LogP contribution in [0.3, 0.4) is 0 Å². The Kier molecular flexibility index (Phi) is 4.16. The maximum absolute atomic E-state index is 12.9. The molecule has 0 fully saturated rings. The molecule has 1 aromatic carbocycles. The summed E-state index contributed by atoms with van der Waals surface area (Å²) in [4.78, 5) is 38.1. The number of hydrogen-bond donors (Lipinski definition) is 1. The number of carboxylic acid groups (broad SMARTS) is 1. The van der Waals surface area contributed by atoms with E-state index in [0.717, 1.165) is 11.1 Å². The van der Waals surface area contributed by atoms with Crippen molar-refractivity contribution in [2.45, 2.75) is 26.8 Å². The molecule has 0 unspecified atom stereocenters. The van der Waals surface area contributed by atoms with Gasteiger partial charge in [0, 0.05) is 20.1 Å². The van der Waals surface area contributed by atoms with E-state index in [1.807, 2.05) is 0 Å². The van der Waals surface area contributed by atoms with Crippen molar-refractivity contribution in [1.29, 1.82) is 0 Å². The fourth-order valence-electron chi connectivity index (χ4n) is 3.12. The molecule has 1 amide bonds. The monoisotopic (exact) mass is 341 g/mol. The molecule has 2 aromatic rings. The topological polar surface area (TPSA) is 92.5 Å². The first kappa shape index (κ1) is 16.9. The number of aromatic nitrogens is 2. The lowest BCUT2D eigenvalue weighted by Gasteiger charge is -2.29. The van der Waals surface area contributed by atoms with Gasteiger partial charge in [-0.15, -0.1) is 0 Å². The van der Waals surface area contributed by atoms with Crippen LogP contribution in [0.5, 0.6) is 0 Å². The molecule has 1 aliphatic heterocycles. The lowest BCUT2D eigenvalue weighted by atomic mass is 9.96. The van der Waals surface area contributed by atoms with Crippen LogP contribution in [0.4, 0.5) is 0 Å². The Morgan fingerprint density at radius 1 is 1.20 bits per heavy atom. The highest BCUT2D eigenvalue weighted by Crippen LogP contribution is 2.22. The van der Waals surface area contributed by atoms with E-state index < -0.39 is 11.5 Å². The molecule has 0 saturated heterocycles. The molecule has 7 nitrogen and oxygen atoms in total. The van der Waals surface area contributed by atoms with Gasteiger partial charge < -0.3 is 10.0 Å². The van der Waals surface area contributed by atoms with Crippen LogP contribution in [0.2, 0.25) is 0 Å². The van der Waals surface area contributed by atoms with Crippen molar-refractivity contribution in [3.8, 4) is 0 Å². The highest BCUT2D eigenvalue weighted by Gasteiger charge is 2.27. The number of rotatable bonds is 2. The number of aromatic carboxylic acids is 1. The molecular formula is C18H19N3O4. The first-order valence-corrected chi connectivity index (χ1v) is 7.98. The average Bonchev–Trinajstić information content (AvgIpc) is 2.59. The van der Waals surface area contributed by atoms with Gasteiger partial charge >= 0.3 is 5.97 Å². The van der Waals surface area contributed by atoms with Crippen molar-refractivity contribution in [1.82, 2.24) is 14.7 Å². The van der Waals surface area contributed by atoms with Gasteiger partial charge in [0.05, 0.1) is 11.3 Å². The SMILES string of the molecule is Cc1nn(C)c(=O)c(C(=O)N2CCc3ccc(C(=O)O)cc3C2)c1C. The summed E-state index contributed by atoms with van der Waals surface area (Å²) in [6.45, 7) is 4.26. The zero-order chi connectivity index (χ0) is 18.3. The maximum atomic E-state index is 12.9. The first-order chi connectivity index (χ1) is 11.8. The number of carbonyl (C=O) groups excluding carboxylic acids is 1. The number of hydrogen-bond acceptors (Lipinski definition) is 4. The van der Waals surface area contributed by atoms with Crippen molar-refractivity contribution in [2.24, 2.45) is 7.05 Å². The largest absolute Gasteiger partial charge is 0.478 e. The van der Waals surface area contributed by atoms with E-state index in [1.54, 1.807) is 36.9 Å². The summed E-state index contributed by atoms with van der Waals surface area (Å²) in [5.74, 6) is -1.34. The normalized spacial score (nSPS) is 13.5. The highest BCUT2D eigenvalue weighted by atomic mass is 16.4. The number of carbonyl (C=O) groups is 2. The zero-order valence-electron chi connectivity index (χ0n) is 14.4. The summed E-state index contributed by atoms with van der Waals surface area (Å²) in [6, 6.07) is 4.96. The van der Waals surface area contributed by atoms with Crippen molar-refractivity contribution in [3.63, 3.8) is 0 Å². The van der Waals surface area contributed by atoms with Crippen molar-refractivity contribution in [2.75, 3.05) is 6.54 Å². The molecule has 1 N–H and O–H groups in total. The smallest absolute Gasteiger partial charge is 0.335 e. The first-order valence-electron chi connectivity index (χ1n) is 7.98. The summed E-state index contributed by atoms with van der Waals surface area (Å²) in [5, 5.41) is 13.2. The molecular weight excluding hydrogens is 322 g/mol. The summed E-state index contributed by atoms with van der Waals surface area (Å²) in [5.41, 5.74) is 2.96. The molecule has 1 aliphatic rings. The van der Waals surface area contributed by atoms with Crippen molar-refractivity contribution < 1.29 is 14.7 Å². The van der Waals surface area contributed by atoms with E-state index in [4.69, 9.17) is 5.11 Å². The van der Waals surface area contributed by atoms with Crippen LogP contribution in [0.25, 0.3) is 0 Å². The van der Waals surface area contributed by atoms with Crippen molar-refractivity contribution >= 4 is 11.9 Å². The minimum Gasteiger partial charge on any atom is -0.478 e. The van der Waals surface area contributed by atoms with Crippen LogP contribution in [-0.2, 0) is 20.0 Å². The Bertz CT molecular complexity index is 946. The van der Waals surface area contributed by atoms with Gasteiger partial charge in [0.25, 0.3) is 11.5 Å². The van der Waals surface area contributed by atoms with Crippen molar-refractivity contribution in [3.05, 3.63) is 62.1 Å². The van der Waals surface area contributed by atoms with Crippen LogP contribution in [-0.4, -0.2) is 38.2 Å². The highest BCUT2D eigenvalue weighted by molar-refractivity contribution is 5.95. The van der Waals surface area contributed by atoms with Crippen LogP contribution < -0.4 is 5.56 Å². The molecule has 7 heteroatoms. The maximum Gasteiger partial charge on any atom is 0.335 e. The van der Waals surface area contributed by atoms with Gasteiger partial charge in [0.1, 0.15) is 5.56 Å². The van der Waals surface area contributed by atoms with Gasteiger partial charge in [-0.3, -0.25) is 9.59 Å². The second-order valence-electron chi connectivity index (χ2n) is 6.28. The summed E-state index contributed by atoms with van der Waals surface area (Å²) in [6.07, 6.45) is 0.629. The van der Waals surface area contributed by atoms with E-state index in [1.165, 1.54) is 11.7 Å². The Morgan fingerprint density at radius 3 is 2.60 bits per heavy atom. The Morgan fingerprint density at radius 2 is 1.92 bits per heavy atom. The van der Waals surface area contributed by atoms with E-state index >= 15 is 0 Å². The van der Waals surface area contributed by atoms with Gasteiger partial charge in [-0.2, -0.15) is 5.10 Å². The lowest BCUT2D eigenvalue weighted by Crippen LogP contribution is -2.41. The number of nitrogens with zero attached hydrogens (tertiary/aromatic N) is 3. The molecule has 0 aliphatic carbocycles.